The first-order valence-corrected chi connectivity index (χ1v) is 9.70. The first-order chi connectivity index (χ1) is 11.3. The largest absolute Gasteiger partial charge is 0.396 e. The first-order valence-electron chi connectivity index (χ1n) is 9.70. The average Bonchev–Trinajstić information content (AvgIpc) is 2.50. The minimum Gasteiger partial charge on any atom is -0.396 e. The van der Waals surface area contributed by atoms with Crippen LogP contribution < -0.4 is 5.73 Å². The fourth-order valence-electron chi connectivity index (χ4n) is 3.24. The van der Waals surface area contributed by atoms with Crippen LogP contribution in [-0.4, -0.2) is 78.5 Å². The van der Waals surface area contributed by atoms with Crippen molar-refractivity contribution in [3.8, 4) is 0 Å². The molecule has 1 fully saturated rings. The highest BCUT2D eigenvalue weighted by Crippen LogP contribution is 2.24. The van der Waals surface area contributed by atoms with Crippen LogP contribution >= 0.6 is 0 Å². The van der Waals surface area contributed by atoms with Gasteiger partial charge in [-0.25, -0.2) is 0 Å². The van der Waals surface area contributed by atoms with Gasteiger partial charge in [-0.1, -0.05) is 12.8 Å². The molecule has 0 aromatic carbocycles. The Morgan fingerprint density at radius 1 is 0.739 bits per heavy atom. The maximum Gasteiger partial charge on any atom is 0.0558 e. The van der Waals surface area contributed by atoms with E-state index in [1.54, 1.807) is 0 Å². The van der Waals surface area contributed by atoms with E-state index < -0.39 is 0 Å². The third-order valence-electron chi connectivity index (χ3n) is 4.99. The van der Waals surface area contributed by atoms with Crippen molar-refractivity contribution in [2.24, 2.45) is 5.73 Å². The minimum atomic E-state index is 0.267. The van der Waals surface area contributed by atoms with E-state index in [-0.39, 0.29) is 6.61 Å². The summed E-state index contributed by atoms with van der Waals surface area (Å²) in [5, 5.41) is 18.2. The van der Waals surface area contributed by atoms with Crippen LogP contribution in [0.1, 0.15) is 57.8 Å². The van der Waals surface area contributed by atoms with Crippen molar-refractivity contribution in [2.75, 3.05) is 52.5 Å². The molecule has 5 nitrogen and oxygen atoms in total. The Morgan fingerprint density at radius 3 is 1.96 bits per heavy atom. The molecule has 1 saturated carbocycles. The van der Waals surface area contributed by atoms with Crippen LogP contribution in [0.5, 0.6) is 0 Å². The van der Waals surface area contributed by atoms with Crippen molar-refractivity contribution < 1.29 is 10.2 Å². The molecule has 0 aromatic heterocycles. The van der Waals surface area contributed by atoms with Crippen molar-refractivity contribution in [1.29, 1.82) is 0 Å². The number of unbranched alkanes of at least 4 members (excludes halogenated alkanes) is 4. The number of aliphatic hydroxyl groups excluding tert-OH is 2. The Labute approximate surface area is 142 Å². The highest BCUT2D eigenvalue weighted by molar-refractivity contribution is 4.80. The number of hydrogen-bond acceptors (Lipinski definition) is 5. The minimum absolute atomic E-state index is 0.267. The third-order valence-corrected chi connectivity index (χ3v) is 4.99. The van der Waals surface area contributed by atoms with Crippen LogP contribution in [-0.2, 0) is 0 Å². The molecule has 1 rings (SSSR count). The van der Waals surface area contributed by atoms with Gasteiger partial charge in [-0.05, 0) is 64.6 Å². The SMILES string of the molecule is NCCCCCN(CCCCCO)CCN(CCO)C1CCC1. The second-order valence-corrected chi connectivity index (χ2v) is 6.82. The highest BCUT2D eigenvalue weighted by atomic mass is 16.3. The normalized spacial score (nSPS) is 15.5. The molecule has 23 heavy (non-hydrogen) atoms. The van der Waals surface area contributed by atoms with Crippen molar-refractivity contribution in [3.05, 3.63) is 0 Å². The molecule has 0 radical (unpaired) electrons. The lowest BCUT2D eigenvalue weighted by Crippen LogP contribution is -2.45. The summed E-state index contributed by atoms with van der Waals surface area (Å²) < 4.78 is 0. The molecule has 5 heteroatoms. The Kier molecular flexibility index (Phi) is 12.8. The number of rotatable bonds is 16. The van der Waals surface area contributed by atoms with Gasteiger partial charge in [0.15, 0.2) is 0 Å². The topological polar surface area (TPSA) is 73.0 Å². The van der Waals surface area contributed by atoms with Crippen LogP contribution in [0.15, 0.2) is 0 Å². The highest BCUT2D eigenvalue weighted by Gasteiger charge is 2.24. The monoisotopic (exact) mass is 329 g/mol. The van der Waals surface area contributed by atoms with Gasteiger partial charge >= 0.3 is 0 Å². The average molecular weight is 330 g/mol. The lowest BCUT2D eigenvalue weighted by molar-refractivity contribution is 0.0872. The molecule has 1 aliphatic rings. The van der Waals surface area contributed by atoms with Crippen molar-refractivity contribution in [2.45, 2.75) is 63.8 Å². The van der Waals surface area contributed by atoms with E-state index in [1.165, 1.54) is 38.5 Å². The van der Waals surface area contributed by atoms with E-state index in [0.717, 1.165) is 58.5 Å². The zero-order valence-electron chi connectivity index (χ0n) is 15.0. The quantitative estimate of drug-likeness (QED) is 0.374. The lowest BCUT2D eigenvalue weighted by Gasteiger charge is -2.38. The van der Waals surface area contributed by atoms with Crippen molar-refractivity contribution >= 4 is 0 Å². The van der Waals surface area contributed by atoms with Gasteiger partial charge in [0.05, 0.1) is 6.61 Å². The van der Waals surface area contributed by atoms with Crippen molar-refractivity contribution in [3.63, 3.8) is 0 Å². The van der Waals surface area contributed by atoms with Crippen LogP contribution in [0.25, 0.3) is 0 Å². The van der Waals surface area contributed by atoms with Gasteiger partial charge in [0, 0.05) is 32.3 Å². The van der Waals surface area contributed by atoms with Gasteiger partial charge in [0.25, 0.3) is 0 Å². The molecule has 0 amide bonds. The lowest BCUT2D eigenvalue weighted by atomic mass is 9.91. The van der Waals surface area contributed by atoms with Crippen LogP contribution in [0.4, 0.5) is 0 Å². The van der Waals surface area contributed by atoms with Gasteiger partial charge < -0.3 is 20.8 Å². The molecule has 0 bridgehead atoms. The van der Waals surface area contributed by atoms with Gasteiger partial charge in [-0.2, -0.15) is 0 Å². The maximum absolute atomic E-state index is 9.28. The standard InChI is InChI=1S/C18H39N3O2/c19-10-3-1-4-11-20(12-5-2-6-16-22)13-14-21(15-17-23)18-8-7-9-18/h18,22-23H,1-17,19H2. The van der Waals surface area contributed by atoms with Crippen LogP contribution in [0.2, 0.25) is 0 Å². The zero-order valence-corrected chi connectivity index (χ0v) is 15.0. The summed E-state index contributed by atoms with van der Waals surface area (Å²) in [6.07, 6.45) is 10.7. The molecule has 0 atom stereocenters. The summed E-state index contributed by atoms with van der Waals surface area (Å²) in [6, 6.07) is 0.704. The van der Waals surface area contributed by atoms with E-state index in [1.807, 2.05) is 0 Å². The Balaban J connectivity index is 2.29. The van der Waals surface area contributed by atoms with Gasteiger partial charge in [0.2, 0.25) is 0 Å². The van der Waals surface area contributed by atoms with Crippen LogP contribution in [0, 0.1) is 0 Å². The zero-order chi connectivity index (χ0) is 16.8. The fourth-order valence-corrected chi connectivity index (χ4v) is 3.24. The number of aliphatic hydroxyl groups is 2. The molecule has 4 N–H and O–H groups in total. The van der Waals surface area contributed by atoms with Gasteiger partial charge in [-0.3, -0.25) is 4.90 Å². The van der Waals surface area contributed by atoms with E-state index in [4.69, 9.17) is 10.8 Å². The summed E-state index contributed by atoms with van der Waals surface area (Å²) >= 11 is 0. The number of nitrogens with two attached hydrogens (primary N) is 1. The van der Waals surface area contributed by atoms with E-state index >= 15 is 0 Å². The summed E-state index contributed by atoms with van der Waals surface area (Å²) in [5.74, 6) is 0. The van der Waals surface area contributed by atoms with Crippen molar-refractivity contribution in [1.82, 2.24) is 9.80 Å². The molecule has 138 valence electrons. The fraction of sp³-hybridized carbons (Fsp3) is 1.00. The van der Waals surface area contributed by atoms with E-state index in [9.17, 15) is 5.11 Å². The second-order valence-electron chi connectivity index (χ2n) is 6.82. The Hall–Kier alpha value is -0.200. The maximum atomic E-state index is 9.28. The Morgan fingerprint density at radius 2 is 1.43 bits per heavy atom. The molecule has 0 aliphatic heterocycles. The summed E-state index contributed by atoms with van der Waals surface area (Å²) in [4.78, 5) is 5.04. The molecular weight excluding hydrogens is 290 g/mol. The number of hydrogen-bond donors (Lipinski definition) is 3. The molecule has 0 heterocycles. The predicted octanol–water partition coefficient (Wildman–Crippen LogP) is 1.43. The van der Waals surface area contributed by atoms with E-state index in [0.29, 0.717) is 12.6 Å². The number of nitrogens with zero attached hydrogens (tertiary/aromatic N) is 2. The third kappa shape index (κ3) is 9.62. The predicted molar refractivity (Wildman–Crippen MR) is 96.6 cm³/mol. The molecule has 0 unspecified atom stereocenters. The Bertz CT molecular complexity index is 251. The molecule has 0 spiro atoms. The molecule has 1 aliphatic carbocycles. The smallest absolute Gasteiger partial charge is 0.0558 e. The van der Waals surface area contributed by atoms with E-state index in [2.05, 4.69) is 9.80 Å². The molecule has 0 aromatic rings. The van der Waals surface area contributed by atoms with Gasteiger partial charge in [-0.15, -0.1) is 0 Å². The summed E-state index contributed by atoms with van der Waals surface area (Å²) in [6.45, 7) is 6.63. The van der Waals surface area contributed by atoms with Gasteiger partial charge in [0.1, 0.15) is 0 Å². The molecular formula is C18H39N3O2. The van der Waals surface area contributed by atoms with Crippen LogP contribution in [0.3, 0.4) is 0 Å². The first kappa shape index (κ1) is 20.8. The second kappa shape index (κ2) is 14.2. The summed E-state index contributed by atoms with van der Waals surface area (Å²) in [7, 11) is 0. The summed E-state index contributed by atoms with van der Waals surface area (Å²) in [5.41, 5.74) is 5.58. The molecule has 0 saturated heterocycles.